The van der Waals surface area contributed by atoms with Crippen molar-refractivity contribution in [3.8, 4) is 0 Å². The van der Waals surface area contributed by atoms with Gasteiger partial charge in [-0.1, -0.05) is 27.2 Å². The van der Waals surface area contributed by atoms with Crippen molar-refractivity contribution in [1.29, 1.82) is 0 Å². The van der Waals surface area contributed by atoms with Crippen LogP contribution in [-0.4, -0.2) is 61.7 Å². The second-order valence-corrected chi connectivity index (χ2v) is 7.78. The van der Waals surface area contributed by atoms with Crippen LogP contribution < -0.4 is 5.32 Å². The van der Waals surface area contributed by atoms with Crippen LogP contribution in [0.5, 0.6) is 0 Å². The van der Waals surface area contributed by atoms with E-state index in [4.69, 9.17) is 0 Å². The van der Waals surface area contributed by atoms with Crippen molar-refractivity contribution in [2.75, 3.05) is 33.7 Å². The molecule has 0 bridgehead atoms. The molecule has 0 aromatic carbocycles. The maximum absolute atomic E-state index is 3.88. The number of nitrogens with zero attached hydrogens (tertiary/aromatic N) is 2. The minimum absolute atomic E-state index is 0.439. The highest BCUT2D eigenvalue weighted by Crippen LogP contribution is 2.38. The van der Waals surface area contributed by atoms with Gasteiger partial charge in [0.1, 0.15) is 0 Å². The molecule has 3 unspecified atom stereocenters. The molecule has 0 amide bonds. The Balaban J connectivity index is 2.03. The largest absolute Gasteiger partial charge is 0.312 e. The predicted molar refractivity (Wildman–Crippen MR) is 87.2 cm³/mol. The van der Waals surface area contributed by atoms with Crippen LogP contribution in [0, 0.1) is 5.41 Å². The fourth-order valence-corrected chi connectivity index (χ4v) is 4.21. The minimum atomic E-state index is 0.439. The highest BCUT2D eigenvalue weighted by molar-refractivity contribution is 5.00. The van der Waals surface area contributed by atoms with E-state index < -0.39 is 0 Å². The Morgan fingerprint density at radius 3 is 2.60 bits per heavy atom. The normalized spacial score (nSPS) is 34.8. The summed E-state index contributed by atoms with van der Waals surface area (Å²) in [5.74, 6) is 0. The third kappa shape index (κ3) is 3.55. The first-order valence-corrected chi connectivity index (χ1v) is 8.59. The number of nitrogens with one attached hydrogen (secondary N) is 1. The third-order valence-corrected chi connectivity index (χ3v) is 5.56. The first-order valence-electron chi connectivity index (χ1n) is 8.59. The second kappa shape index (κ2) is 6.76. The van der Waals surface area contributed by atoms with E-state index in [2.05, 4.69) is 50.0 Å². The van der Waals surface area contributed by atoms with E-state index in [1.165, 1.54) is 45.2 Å². The predicted octanol–water partition coefficient (Wildman–Crippen LogP) is 2.57. The van der Waals surface area contributed by atoms with Gasteiger partial charge < -0.3 is 10.2 Å². The van der Waals surface area contributed by atoms with Crippen molar-refractivity contribution >= 4 is 0 Å². The average molecular weight is 281 g/mol. The molecule has 0 aromatic heterocycles. The van der Waals surface area contributed by atoms with E-state index in [1.54, 1.807) is 0 Å². The number of likely N-dealkylation sites (tertiary alicyclic amines) is 1. The summed E-state index contributed by atoms with van der Waals surface area (Å²) in [6.07, 6.45) is 6.72. The van der Waals surface area contributed by atoms with Gasteiger partial charge in [0.15, 0.2) is 0 Å². The summed E-state index contributed by atoms with van der Waals surface area (Å²) >= 11 is 0. The van der Waals surface area contributed by atoms with Crippen LogP contribution in [-0.2, 0) is 0 Å². The van der Waals surface area contributed by atoms with Crippen LogP contribution in [0.15, 0.2) is 0 Å². The molecule has 2 rings (SSSR count). The maximum atomic E-state index is 3.88. The average Bonchev–Trinajstić information content (AvgIpc) is 2.86. The van der Waals surface area contributed by atoms with E-state index >= 15 is 0 Å². The van der Waals surface area contributed by atoms with Gasteiger partial charge in [0.2, 0.25) is 0 Å². The Bertz CT molecular complexity index is 301. The molecule has 1 N–H and O–H groups in total. The molecule has 0 radical (unpaired) electrons. The standard InChI is InChI=1S/C17H35N3/c1-6-11-18-16-15(8-7-10-17(16,2)3)20-12-9-14(13-20)19(4)5/h14-16,18H,6-13H2,1-5H3. The summed E-state index contributed by atoms with van der Waals surface area (Å²) in [7, 11) is 4.46. The number of hydrogen-bond donors (Lipinski definition) is 1. The van der Waals surface area contributed by atoms with Gasteiger partial charge in [-0.2, -0.15) is 0 Å². The van der Waals surface area contributed by atoms with E-state index in [0.717, 1.165) is 18.6 Å². The van der Waals surface area contributed by atoms with Crippen molar-refractivity contribution in [2.45, 2.75) is 71.0 Å². The molecule has 1 aliphatic heterocycles. The molecule has 0 aromatic rings. The van der Waals surface area contributed by atoms with Gasteiger partial charge in [0, 0.05) is 31.2 Å². The Morgan fingerprint density at radius 2 is 2.00 bits per heavy atom. The lowest BCUT2D eigenvalue weighted by atomic mass is 9.70. The van der Waals surface area contributed by atoms with Crippen molar-refractivity contribution < 1.29 is 0 Å². The van der Waals surface area contributed by atoms with Crippen LogP contribution in [0.3, 0.4) is 0 Å². The van der Waals surface area contributed by atoms with Crippen LogP contribution in [0.25, 0.3) is 0 Å². The zero-order valence-electron chi connectivity index (χ0n) is 14.3. The fourth-order valence-electron chi connectivity index (χ4n) is 4.21. The molecule has 0 spiro atoms. The summed E-state index contributed by atoms with van der Waals surface area (Å²) in [6, 6.07) is 2.17. The molecule has 1 aliphatic carbocycles. The quantitative estimate of drug-likeness (QED) is 0.835. The zero-order valence-corrected chi connectivity index (χ0v) is 14.3. The SMILES string of the molecule is CCCNC1C(N2CCC(N(C)C)C2)CCCC1(C)C. The van der Waals surface area contributed by atoms with Gasteiger partial charge in [0.05, 0.1) is 0 Å². The minimum Gasteiger partial charge on any atom is -0.312 e. The van der Waals surface area contributed by atoms with E-state index in [1.807, 2.05) is 0 Å². The van der Waals surface area contributed by atoms with Crippen LogP contribution in [0.2, 0.25) is 0 Å². The van der Waals surface area contributed by atoms with Gasteiger partial charge in [-0.3, -0.25) is 4.90 Å². The summed E-state index contributed by atoms with van der Waals surface area (Å²) in [4.78, 5) is 5.18. The first-order chi connectivity index (χ1) is 9.45. The van der Waals surface area contributed by atoms with Gasteiger partial charge in [-0.15, -0.1) is 0 Å². The topological polar surface area (TPSA) is 18.5 Å². The van der Waals surface area contributed by atoms with Gasteiger partial charge in [0.25, 0.3) is 0 Å². The van der Waals surface area contributed by atoms with Crippen LogP contribution in [0.4, 0.5) is 0 Å². The summed E-state index contributed by atoms with van der Waals surface area (Å²) in [5.41, 5.74) is 0.439. The number of hydrogen-bond acceptors (Lipinski definition) is 3. The van der Waals surface area contributed by atoms with Crippen LogP contribution in [0.1, 0.15) is 52.9 Å². The maximum Gasteiger partial charge on any atom is 0.0274 e. The molecular formula is C17H35N3. The highest BCUT2D eigenvalue weighted by atomic mass is 15.3. The molecule has 2 aliphatic rings. The smallest absolute Gasteiger partial charge is 0.0274 e. The molecular weight excluding hydrogens is 246 g/mol. The Kier molecular flexibility index (Phi) is 5.49. The lowest BCUT2D eigenvalue weighted by Crippen LogP contribution is -2.58. The monoisotopic (exact) mass is 281 g/mol. The van der Waals surface area contributed by atoms with Crippen molar-refractivity contribution in [3.63, 3.8) is 0 Å². The Labute approximate surface area is 126 Å². The summed E-state index contributed by atoms with van der Waals surface area (Å²) in [5, 5.41) is 3.88. The molecule has 1 saturated carbocycles. The van der Waals surface area contributed by atoms with Gasteiger partial charge in [-0.25, -0.2) is 0 Å². The number of likely N-dealkylation sites (N-methyl/N-ethyl adjacent to an activating group) is 1. The summed E-state index contributed by atoms with van der Waals surface area (Å²) < 4.78 is 0. The van der Waals surface area contributed by atoms with E-state index in [9.17, 15) is 0 Å². The lowest BCUT2D eigenvalue weighted by Gasteiger charge is -2.48. The molecule has 20 heavy (non-hydrogen) atoms. The zero-order chi connectivity index (χ0) is 14.8. The fraction of sp³-hybridized carbons (Fsp3) is 1.00. The molecule has 118 valence electrons. The molecule has 1 saturated heterocycles. The molecule has 3 heteroatoms. The summed E-state index contributed by atoms with van der Waals surface area (Å²) in [6.45, 7) is 10.9. The Morgan fingerprint density at radius 1 is 1.25 bits per heavy atom. The van der Waals surface area contributed by atoms with Gasteiger partial charge in [-0.05, 0) is 51.7 Å². The van der Waals surface area contributed by atoms with E-state index in [0.29, 0.717) is 11.5 Å². The Hall–Kier alpha value is -0.120. The second-order valence-electron chi connectivity index (χ2n) is 7.78. The van der Waals surface area contributed by atoms with Crippen molar-refractivity contribution in [3.05, 3.63) is 0 Å². The molecule has 3 nitrogen and oxygen atoms in total. The number of rotatable bonds is 5. The van der Waals surface area contributed by atoms with Crippen molar-refractivity contribution in [1.82, 2.24) is 15.1 Å². The van der Waals surface area contributed by atoms with Crippen LogP contribution >= 0.6 is 0 Å². The van der Waals surface area contributed by atoms with E-state index in [-0.39, 0.29) is 0 Å². The lowest BCUT2D eigenvalue weighted by molar-refractivity contribution is 0.0583. The highest BCUT2D eigenvalue weighted by Gasteiger charge is 2.42. The molecule has 1 heterocycles. The first kappa shape index (κ1) is 16.3. The molecule has 2 fully saturated rings. The third-order valence-electron chi connectivity index (χ3n) is 5.56. The van der Waals surface area contributed by atoms with Crippen molar-refractivity contribution in [2.24, 2.45) is 5.41 Å². The molecule has 3 atom stereocenters. The van der Waals surface area contributed by atoms with Gasteiger partial charge >= 0.3 is 0 Å².